The Morgan fingerprint density at radius 3 is 2.26 bits per heavy atom. The van der Waals surface area contributed by atoms with Crippen molar-refractivity contribution in [2.75, 3.05) is 5.32 Å². The number of carboxylic acids is 1. The Labute approximate surface area is 161 Å². The molecule has 0 spiro atoms. The molecule has 5 nitrogen and oxygen atoms in total. The van der Waals surface area contributed by atoms with E-state index in [9.17, 15) is 9.59 Å². The highest BCUT2D eigenvalue weighted by Crippen LogP contribution is 2.24. The van der Waals surface area contributed by atoms with Gasteiger partial charge in [0.05, 0.1) is 16.3 Å². The second-order valence-electron chi connectivity index (χ2n) is 5.75. The maximum absolute atomic E-state index is 12.4. The van der Waals surface area contributed by atoms with Crippen molar-refractivity contribution in [3.05, 3.63) is 94.5 Å². The smallest absolute Gasteiger partial charge is 0.335 e. The van der Waals surface area contributed by atoms with Crippen LogP contribution < -0.4 is 10.1 Å². The average Bonchev–Trinajstić information content (AvgIpc) is 2.69. The maximum atomic E-state index is 12.4. The lowest BCUT2D eigenvalue weighted by Crippen LogP contribution is -2.12. The fourth-order valence-electron chi connectivity index (χ4n) is 2.39. The van der Waals surface area contributed by atoms with Crippen LogP contribution in [0.4, 0.5) is 5.69 Å². The molecule has 0 radical (unpaired) electrons. The first-order chi connectivity index (χ1) is 13.0. The summed E-state index contributed by atoms with van der Waals surface area (Å²) in [5, 5.41) is 11.9. The third-order valence-corrected chi connectivity index (χ3v) is 4.16. The Kier molecular flexibility index (Phi) is 5.74. The number of hydrogen-bond acceptors (Lipinski definition) is 3. The number of carboxylic acid groups (broad SMARTS) is 1. The monoisotopic (exact) mass is 381 g/mol. The van der Waals surface area contributed by atoms with Gasteiger partial charge in [0.2, 0.25) is 0 Å². The molecule has 0 unspecified atom stereocenters. The summed E-state index contributed by atoms with van der Waals surface area (Å²) in [6, 6.07) is 20.5. The molecule has 3 aromatic rings. The zero-order valence-corrected chi connectivity index (χ0v) is 14.9. The van der Waals surface area contributed by atoms with Crippen molar-refractivity contribution < 1.29 is 19.4 Å². The van der Waals surface area contributed by atoms with Crippen LogP contribution in [0.1, 0.15) is 26.3 Å². The molecular formula is C21H16ClNO4. The molecule has 0 aromatic heterocycles. The quantitative estimate of drug-likeness (QED) is 0.638. The van der Waals surface area contributed by atoms with Gasteiger partial charge < -0.3 is 15.2 Å². The van der Waals surface area contributed by atoms with E-state index in [0.29, 0.717) is 17.9 Å². The Hall–Kier alpha value is -3.31. The lowest BCUT2D eigenvalue weighted by molar-refractivity contribution is 0.0696. The zero-order chi connectivity index (χ0) is 19.2. The molecule has 0 aliphatic heterocycles. The number of rotatable bonds is 6. The van der Waals surface area contributed by atoms with Gasteiger partial charge in [-0.15, -0.1) is 0 Å². The Morgan fingerprint density at radius 2 is 1.59 bits per heavy atom. The molecule has 0 aliphatic rings. The van der Waals surface area contributed by atoms with Crippen molar-refractivity contribution in [2.45, 2.75) is 6.61 Å². The van der Waals surface area contributed by atoms with Crippen LogP contribution in [-0.4, -0.2) is 17.0 Å². The third kappa shape index (κ3) is 4.86. The van der Waals surface area contributed by atoms with Crippen molar-refractivity contribution in [1.82, 2.24) is 0 Å². The van der Waals surface area contributed by atoms with Gasteiger partial charge in [0, 0.05) is 5.56 Å². The Balaban J connectivity index is 1.65. The zero-order valence-electron chi connectivity index (χ0n) is 14.2. The molecule has 0 saturated carbocycles. The van der Waals surface area contributed by atoms with Crippen molar-refractivity contribution in [1.29, 1.82) is 0 Å². The van der Waals surface area contributed by atoms with E-state index in [-0.39, 0.29) is 16.3 Å². The molecule has 6 heteroatoms. The molecule has 1 amide bonds. The number of anilines is 1. The minimum Gasteiger partial charge on any atom is -0.489 e. The summed E-state index contributed by atoms with van der Waals surface area (Å²) in [5.74, 6) is -0.850. The standard InChI is InChI=1S/C21H16ClNO4/c22-18-11-8-16(21(25)26)12-19(18)23-20(24)15-6-9-17(10-7-15)27-13-14-4-2-1-3-5-14/h1-12H,13H2,(H,23,24)(H,25,26). The van der Waals surface area contributed by atoms with E-state index in [1.54, 1.807) is 24.3 Å². The van der Waals surface area contributed by atoms with Gasteiger partial charge in [0.1, 0.15) is 12.4 Å². The normalized spacial score (nSPS) is 10.3. The predicted octanol–water partition coefficient (Wildman–Crippen LogP) is 4.87. The summed E-state index contributed by atoms with van der Waals surface area (Å²) in [4.78, 5) is 23.4. The van der Waals surface area contributed by atoms with Crippen molar-refractivity contribution in [3.8, 4) is 5.75 Å². The third-order valence-electron chi connectivity index (χ3n) is 3.83. The van der Waals surface area contributed by atoms with Gasteiger partial charge in [-0.25, -0.2) is 4.79 Å². The van der Waals surface area contributed by atoms with E-state index >= 15 is 0 Å². The molecule has 2 N–H and O–H groups in total. The number of carbonyl (C=O) groups is 2. The molecule has 0 bridgehead atoms. The summed E-state index contributed by atoms with van der Waals surface area (Å²) < 4.78 is 5.69. The van der Waals surface area contributed by atoms with Crippen LogP contribution in [0.5, 0.6) is 5.75 Å². The number of nitrogens with one attached hydrogen (secondary N) is 1. The van der Waals surface area contributed by atoms with E-state index < -0.39 is 11.9 Å². The molecular weight excluding hydrogens is 366 g/mol. The fraction of sp³-hybridized carbons (Fsp3) is 0.0476. The van der Waals surface area contributed by atoms with E-state index in [2.05, 4.69) is 5.32 Å². The van der Waals surface area contributed by atoms with E-state index in [1.807, 2.05) is 30.3 Å². The number of carbonyl (C=O) groups excluding carboxylic acids is 1. The summed E-state index contributed by atoms with van der Waals surface area (Å²) in [6.07, 6.45) is 0. The van der Waals surface area contributed by atoms with Crippen LogP contribution in [0.2, 0.25) is 5.02 Å². The van der Waals surface area contributed by atoms with Crippen LogP contribution in [0.3, 0.4) is 0 Å². The molecule has 3 rings (SSSR count). The molecule has 27 heavy (non-hydrogen) atoms. The number of halogens is 1. The highest BCUT2D eigenvalue weighted by Gasteiger charge is 2.12. The molecule has 0 fully saturated rings. The number of amides is 1. The van der Waals surface area contributed by atoms with Crippen molar-refractivity contribution in [2.24, 2.45) is 0 Å². The van der Waals surface area contributed by atoms with Gasteiger partial charge in [-0.05, 0) is 48.0 Å². The summed E-state index contributed by atoms with van der Waals surface area (Å²) in [7, 11) is 0. The van der Waals surface area contributed by atoms with Crippen molar-refractivity contribution in [3.63, 3.8) is 0 Å². The molecule has 0 saturated heterocycles. The maximum Gasteiger partial charge on any atom is 0.335 e. The highest BCUT2D eigenvalue weighted by atomic mass is 35.5. The molecule has 136 valence electrons. The fourth-order valence-corrected chi connectivity index (χ4v) is 2.56. The predicted molar refractivity (Wildman–Crippen MR) is 104 cm³/mol. The first kappa shape index (κ1) is 18.5. The van der Waals surface area contributed by atoms with Crippen LogP contribution in [0.25, 0.3) is 0 Å². The molecule has 0 atom stereocenters. The average molecular weight is 382 g/mol. The van der Waals surface area contributed by atoms with Gasteiger partial charge in [-0.3, -0.25) is 4.79 Å². The lowest BCUT2D eigenvalue weighted by Gasteiger charge is -2.10. The number of ether oxygens (including phenoxy) is 1. The Bertz CT molecular complexity index is 956. The largest absolute Gasteiger partial charge is 0.489 e. The number of hydrogen-bond donors (Lipinski definition) is 2. The summed E-state index contributed by atoms with van der Waals surface area (Å²) in [5.41, 5.74) is 1.73. The number of benzene rings is 3. The van der Waals surface area contributed by atoms with Gasteiger partial charge in [0.15, 0.2) is 0 Å². The van der Waals surface area contributed by atoms with Crippen LogP contribution in [0.15, 0.2) is 72.8 Å². The first-order valence-corrected chi connectivity index (χ1v) is 8.52. The minimum absolute atomic E-state index is 0.0411. The molecule has 0 aliphatic carbocycles. The summed E-state index contributed by atoms with van der Waals surface area (Å²) in [6.45, 7) is 0.434. The van der Waals surface area contributed by atoms with Crippen LogP contribution >= 0.6 is 11.6 Å². The van der Waals surface area contributed by atoms with Gasteiger partial charge >= 0.3 is 5.97 Å². The second-order valence-corrected chi connectivity index (χ2v) is 6.16. The van der Waals surface area contributed by atoms with Crippen LogP contribution in [-0.2, 0) is 6.61 Å². The van der Waals surface area contributed by atoms with Crippen LogP contribution in [0, 0.1) is 0 Å². The Morgan fingerprint density at radius 1 is 0.926 bits per heavy atom. The second kappa shape index (κ2) is 8.38. The van der Waals surface area contributed by atoms with E-state index in [4.69, 9.17) is 21.4 Å². The van der Waals surface area contributed by atoms with Gasteiger partial charge in [-0.1, -0.05) is 41.9 Å². The first-order valence-electron chi connectivity index (χ1n) is 8.14. The van der Waals surface area contributed by atoms with Gasteiger partial charge in [0.25, 0.3) is 5.91 Å². The molecule has 3 aromatic carbocycles. The van der Waals surface area contributed by atoms with E-state index in [0.717, 1.165) is 5.56 Å². The summed E-state index contributed by atoms with van der Waals surface area (Å²) >= 11 is 6.03. The topological polar surface area (TPSA) is 75.6 Å². The molecule has 0 heterocycles. The van der Waals surface area contributed by atoms with E-state index in [1.165, 1.54) is 18.2 Å². The SMILES string of the molecule is O=C(O)c1ccc(Cl)c(NC(=O)c2ccc(OCc3ccccc3)cc2)c1. The highest BCUT2D eigenvalue weighted by molar-refractivity contribution is 6.34. The van der Waals surface area contributed by atoms with Crippen molar-refractivity contribution >= 4 is 29.2 Å². The lowest BCUT2D eigenvalue weighted by atomic mass is 10.1. The minimum atomic E-state index is -1.10. The number of aromatic carboxylic acids is 1. The van der Waals surface area contributed by atoms with Gasteiger partial charge in [-0.2, -0.15) is 0 Å².